The minimum Gasteiger partial charge on any atom is -0.352 e. The van der Waals surface area contributed by atoms with Gasteiger partial charge in [-0.25, -0.2) is 4.98 Å². The highest BCUT2D eigenvalue weighted by atomic mass is 16.1. The summed E-state index contributed by atoms with van der Waals surface area (Å²) in [7, 11) is 0. The summed E-state index contributed by atoms with van der Waals surface area (Å²) < 4.78 is 0. The molecule has 0 unspecified atom stereocenters. The third-order valence-corrected chi connectivity index (χ3v) is 4.13. The quantitative estimate of drug-likeness (QED) is 0.668. The summed E-state index contributed by atoms with van der Waals surface area (Å²) in [6, 6.07) is 16.2. The van der Waals surface area contributed by atoms with E-state index in [2.05, 4.69) is 41.3 Å². The highest BCUT2D eigenvalue weighted by Crippen LogP contribution is 2.15. The van der Waals surface area contributed by atoms with Gasteiger partial charge in [-0.3, -0.25) is 4.79 Å². The first-order valence-electron chi connectivity index (χ1n) is 8.61. The van der Waals surface area contributed by atoms with Crippen molar-refractivity contribution >= 4 is 23.0 Å². The molecule has 0 fully saturated rings. The lowest BCUT2D eigenvalue weighted by atomic mass is 10.0. The van der Waals surface area contributed by atoms with Crippen LogP contribution in [0.2, 0.25) is 0 Å². The van der Waals surface area contributed by atoms with Crippen LogP contribution in [0.3, 0.4) is 0 Å². The second-order valence-electron chi connectivity index (χ2n) is 6.40. The summed E-state index contributed by atoms with van der Waals surface area (Å²) in [5.74, 6) is 1.30. The maximum atomic E-state index is 11.9. The van der Waals surface area contributed by atoms with E-state index in [1.807, 2.05) is 42.5 Å². The van der Waals surface area contributed by atoms with Gasteiger partial charge in [-0.2, -0.15) is 0 Å². The van der Waals surface area contributed by atoms with Crippen molar-refractivity contribution in [2.24, 2.45) is 0 Å². The van der Waals surface area contributed by atoms with Gasteiger partial charge in [0.15, 0.2) is 0 Å². The molecule has 4 heteroatoms. The molecular weight excluding hydrogens is 310 g/mol. The van der Waals surface area contributed by atoms with Crippen molar-refractivity contribution < 1.29 is 4.79 Å². The number of hydrogen-bond acceptors (Lipinski definition) is 2. The average molecular weight is 333 g/mol. The lowest BCUT2D eigenvalue weighted by molar-refractivity contribution is -0.116. The summed E-state index contributed by atoms with van der Waals surface area (Å²) in [4.78, 5) is 19.7. The average Bonchev–Trinajstić information content (AvgIpc) is 3.03. The molecule has 0 aliphatic heterocycles. The van der Waals surface area contributed by atoms with Crippen LogP contribution in [0, 0.1) is 0 Å². The van der Waals surface area contributed by atoms with Crippen molar-refractivity contribution in [3.63, 3.8) is 0 Å². The molecule has 0 aliphatic rings. The second kappa shape index (κ2) is 7.79. The molecule has 1 aromatic heterocycles. The molecule has 1 heterocycles. The van der Waals surface area contributed by atoms with Gasteiger partial charge in [-0.15, -0.1) is 0 Å². The first-order valence-corrected chi connectivity index (χ1v) is 8.61. The monoisotopic (exact) mass is 333 g/mol. The summed E-state index contributed by atoms with van der Waals surface area (Å²) in [5, 5.41) is 2.89. The summed E-state index contributed by atoms with van der Waals surface area (Å²) >= 11 is 0. The minimum absolute atomic E-state index is 0.0935. The third-order valence-electron chi connectivity index (χ3n) is 4.13. The lowest BCUT2D eigenvalue weighted by Crippen LogP contribution is -2.23. The van der Waals surface area contributed by atoms with Gasteiger partial charge < -0.3 is 10.3 Å². The Kier molecular flexibility index (Phi) is 5.29. The number of imidazole rings is 1. The Bertz CT molecular complexity index is 843. The van der Waals surface area contributed by atoms with E-state index >= 15 is 0 Å². The molecule has 128 valence electrons. The van der Waals surface area contributed by atoms with Crippen LogP contribution in [-0.4, -0.2) is 22.4 Å². The lowest BCUT2D eigenvalue weighted by Gasteiger charge is -2.04. The molecule has 0 aliphatic carbocycles. The molecule has 0 saturated heterocycles. The van der Waals surface area contributed by atoms with Gasteiger partial charge >= 0.3 is 0 Å². The Morgan fingerprint density at radius 1 is 1.16 bits per heavy atom. The first kappa shape index (κ1) is 17.0. The van der Waals surface area contributed by atoms with Gasteiger partial charge in [-0.05, 0) is 35.3 Å². The SMILES string of the molecule is CC(C)c1ccc(C=CC(=O)NCCc2nc3ccccc3[nH]2)cc1. The van der Waals surface area contributed by atoms with Crippen molar-refractivity contribution in [1.82, 2.24) is 15.3 Å². The fraction of sp³-hybridized carbons (Fsp3) is 0.238. The molecule has 0 bridgehead atoms. The van der Waals surface area contributed by atoms with Crippen molar-refractivity contribution in [1.29, 1.82) is 0 Å². The molecule has 3 aromatic rings. The van der Waals surface area contributed by atoms with Gasteiger partial charge in [0.05, 0.1) is 11.0 Å². The molecule has 0 spiro atoms. The van der Waals surface area contributed by atoms with E-state index in [1.165, 1.54) is 5.56 Å². The normalized spacial score (nSPS) is 11.5. The van der Waals surface area contributed by atoms with Crippen molar-refractivity contribution in [2.45, 2.75) is 26.2 Å². The third kappa shape index (κ3) is 4.57. The Morgan fingerprint density at radius 3 is 2.64 bits per heavy atom. The Labute approximate surface area is 148 Å². The number of carbonyl (C=O) groups excluding carboxylic acids is 1. The number of nitrogens with one attached hydrogen (secondary N) is 2. The van der Waals surface area contributed by atoms with Crippen LogP contribution in [0.5, 0.6) is 0 Å². The van der Waals surface area contributed by atoms with E-state index in [0.717, 1.165) is 22.4 Å². The Hall–Kier alpha value is -2.88. The molecule has 1 amide bonds. The zero-order valence-electron chi connectivity index (χ0n) is 14.6. The van der Waals surface area contributed by atoms with Gasteiger partial charge in [0, 0.05) is 19.0 Å². The zero-order chi connectivity index (χ0) is 17.6. The van der Waals surface area contributed by atoms with Crippen LogP contribution >= 0.6 is 0 Å². The molecule has 2 aromatic carbocycles. The number of H-pyrrole nitrogens is 1. The Balaban J connectivity index is 1.48. The molecule has 0 saturated carbocycles. The number of rotatable bonds is 6. The van der Waals surface area contributed by atoms with E-state index in [-0.39, 0.29) is 5.91 Å². The number of amides is 1. The van der Waals surface area contributed by atoms with Gasteiger partial charge in [0.25, 0.3) is 0 Å². The van der Waals surface area contributed by atoms with Crippen LogP contribution in [0.4, 0.5) is 0 Å². The number of carbonyl (C=O) groups is 1. The molecule has 25 heavy (non-hydrogen) atoms. The number of benzene rings is 2. The molecule has 0 radical (unpaired) electrons. The maximum absolute atomic E-state index is 11.9. The van der Waals surface area contributed by atoms with E-state index in [1.54, 1.807) is 6.08 Å². The highest BCUT2D eigenvalue weighted by Gasteiger charge is 2.02. The number of nitrogens with zero attached hydrogens (tertiary/aromatic N) is 1. The highest BCUT2D eigenvalue weighted by molar-refractivity contribution is 5.91. The fourth-order valence-electron chi connectivity index (χ4n) is 2.65. The zero-order valence-corrected chi connectivity index (χ0v) is 14.6. The van der Waals surface area contributed by atoms with Crippen LogP contribution in [-0.2, 0) is 11.2 Å². The number of aromatic nitrogens is 2. The van der Waals surface area contributed by atoms with Crippen LogP contribution in [0.15, 0.2) is 54.6 Å². The molecule has 4 nitrogen and oxygen atoms in total. The molecule has 3 rings (SSSR count). The molecular formula is C21H23N3O. The Morgan fingerprint density at radius 2 is 1.92 bits per heavy atom. The standard InChI is InChI=1S/C21H23N3O/c1-15(2)17-10-7-16(8-11-17)9-12-21(25)22-14-13-20-23-18-5-3-4-6-19(18)24-20/h3-12,15H,13-14H2,1-2H3,(H,22,25)(H,23,24). The first-order chi connectivity index (χ1) is 12.1. The van der Waals surface area contributed by atoms with Crippen LogP contribution in [0.1, 0.15) is 36.7 Å². The van der Waals surface area contributed by atoms with E-state index in [0.29, 0.717) is 18.9 Å². The number of aromatic amines is 1. The van der Waals surface area contributed by atoms with Gasteiger partial charge in [0.2, 0.25) is 5.91 Å². The second-order valence-corrected chi connectivity index (χ2v) is 6.40. The van der Waals surface area contributed by atoms with Crippen molar-refractivity contribution in [3.05, 3.63) is 71.6 Å². The van der Waals surface area contributed by atoms with Crippen molar-refractivity contribution in [2.75, 3.05) is 6.54 Å². The predicted molar refractivity (Wildman–Crippen MR) is 102 cm³/mol. The molecule has 0 atom stereocenters. The fourth-order valence-corrected chi connectivity index (χ4v) is 2.65. The van der Waals surface area contributed by atoms with E-state index < -0.39 is 0 Å². The van der Waals surface area contributed by atoms with E-state index in [9.17, 15) is 4.79 Å². The maximum Gasteiger partial charge on any atom is 0.244 e. The van der Waals surface area contributed by atoms with Crippen molar-refractivity contribution in [3.8, 4) is 0 Å². The van der Waals surface area contributed by atoms with Crippen LogP contribution < -0.4 is 5.32 Å². The summed E-state index contributed by atoms with van der Waals surface area (Å²) in [5.41, 5.74) is 4.30. The van der Waals surface area contributed by atoms with Gasteiger partial charge in [-0.1, -0.05) is 50.2 Å². The van der Waals surface area contributed by atoms with E-state index in [4.69, 9.17) is 0 Å². The number of para-hydroxylation sites is 2. The number of hydrogen-bond donors (Lipinski definition) is 2. The topological polar surface area (TPSA) is 57.8 Å². The van der Waals surface area contributed by atoms with Crippen LogP contribution in [0.25, 0.3) is 17.1 Å². The summed E-state index contributed by atoms with van der Waals surface area (Å²) in [6.45, 7) is 4.88. The molecule has 2 N–H and O–H groups in total. The minimum atomic E-state index is -0.0935. The van der Waals surface area contributed by atoms with Gasteiger partial charge in [0.1, 0.15) is 5.82 Å². The largest absolute Gasteiger partial charge is 0.352 e. The summed E-state index contributed by atoms with van der Waals surface area (Å²) in [6.07, 6.45) is 4.08. The number of fused-ring (bicyclic) bond motifs is 1. The smallest absolute Gasteiger partial charge is 0.244 e. The predicted octanol–water partition coefficient (Wildman–Crippen LogP) is 4.06.